The first-order valence-corrected chi connectivity index (χ1v) is 6.13. The van der Waals surface area contributed by atoms with Crippen LogP contribution in [-0.2, 0) is 13.1 Å². The van der Waals surface area contributed by atoms with Gasteiger partial charge in [-0.3, -0.25) is 4.57 Å². The highest BCUT2D eigenvalue weighted by Crippen LogP contribution is 2.12. The fourth-order valence-electron chi connectivity index (χ4n) is 2.03. The van der Waals surface area contributed by atoms with Crippen LogP contribution in [0.2, 0.25) is 0 Å². The number of fused-ring (bicyclic) bond motifs is 1. The van der Waals surface area contributed by atoms with Crippen LogP contribution in [0.4, 0.5) is 0 Å². The Morgan fingerprint density at radius 3 is 3.00 bits per heavy atom. The molecule has 0 N–H and O–H groups in total. The maximum Gasteiger partial charge on any atom is 0.420 e. The fraction of sp³-hybridized carbons (Fsp3) is 0.333. The quantitative estimate of drug-likeness (QED) is 0.699. The summed E-state index contributed by atoms with van der Waals surface area (Å²) < 4.78 is 8.41. The van der Waals surface area contributed by atoms with Crippen molar-refractivity contribution in [2.45, 2.75) is 26.4 Å². The molecule has 0 spiro atoms. The smallest absolute Gasteiger partial charge is 0.408 e. The zero-order valence-electron chi connectivity index (χ0n) is 10.5. The normalized spacial score (nSPS) is 11.2. The number of hydrogen-bond acceptors (Lipinski definition) is 5. The van der Waals surface area contributed by atoms with E-state index in [2.05, 4.69) is 15.5 Å². The molecule has 0 aliphatic rings. The van der Waals surface area contributed by atoms with Crippen molar-refractivity contribution in [1.82, 2.24) is 24.8 Å². The molecule has 3 rings (SSSR count). The SMILES string of the molecule is CCCn1nnnc1Cn1c(=O)oc2ccccc21. The highest BCUT2D eigenvalue weighted by molar-refractivity contribution is 5.72. The predicted octanol–water partition coefficient (Wildman–Crippen LogP) is 1.04. The van der Waals surface area contributed by atoms with Crippen molar-refractivity contribution < 1.29 is 4.42 Å². The highest BCUT2D eigenvalue weighted by Gasteiger charge is 2.12. The molecule has 0 saturated heterocycles. The molecular weight excluding hydrogens is 246 g/mol. The van der Waals surface area contributed by atoms with Gasteiger partial charge in [-0.2, -0.15) is 0 Å². The van der Waals surface area contributed by atoms with Gasteiger partial charge in [-0.1, -0.05) is 19.1 Å². The van der Waals surface area contributed by atoms with Crippen LogP contribution >= 0.6 is 0 Å². The van der Waals surface area contributed by atoms with Gasteiger partial charge in [0.05, 0.1) is 12.1 Å². The zero-order valence-corrected chi connectivity index (χ0v) is 10.5. The lowest BCUT2D eigenvalue weighted by molar-refractivity contribution is 0.498. The third kappa shape index (κ3) is 2.03. The lowest BCUT2D eigenvalue weighted by Gasteiger charge is -2.03. The fourth-order valence-corrected chi connectivity index (χ4v) is 2.03. The second-order valence-electron chi connectivity index (χ2n) is 4.24. The van der Waals surface area contributed by atoms with Crippen molar-refractivity contribution >= 4 is 11.1 Å². The molecule has 7 heteroatoms. The van der Waals surface area contributed by atoms with Crippen LogP contribution in [0.25, 0.3) is 11.1 Å². The molecule has 0 aliphatic heterocycles. The second kappa shape index (κ2) is 4.68. The van der Waals surface area contributed by atoms with Crippen LogP contribution in [0.5, 0.6) is 0 Å². The summed E-state index contributed by atoms with van der Waals surface area (Å²) in [5, 5.41) is 11.5. The number of tetrazole rings is 1. The number of nitrogens with zero attached hydrogens (tertiary/aromatic N) is 5. The minimum atomic E-state index is -0.396. The van der Waals surface area contributed by atoms with E-state index in [1.165, 1.54) is 4.57 Å². The van der Waals surface area contributed by atoms with Gasteiger partial charge in [-0.15, -0.1) is 5.10 Å². The van der Waals surface area contributed by atoms with E-state index in [4.69, 9.17) is 4.42 Å². The molecule has 7 nitrogen and oxygen atoms in total. The van der Waals surface area contributed by atoms with Crippen molar-refractivity contribution in [1.29, 1.82) is 0 Å². The van der Waals surface area contributed by atoms with Gasteiger partial charge in [0.15, 0.2) is 11.4 Å². The number of hydrogen-bond donors (Lipinski definition) is 0. The number of aromatic nitrogens is 5. The molecule has 0 fully saturated rings. The Kier molecular flexibility index (Phi) is 2.86. The van der Waals surface area contributed by atoms with Crippen LogP contribution in [0, 0.1) is 0 Å². The molecule has 0 atom stereocenters. The molecule has 0 aliphatic carbocycles. The molecule has 1 aromatic carbocycles. The molecular formula is C12H13N5O2. The largest absolute Gasteiger partial charge is 0.420 e. The van der Waals surface area contributed by atoms with E-state index in [0.29, 0.717) is 18.0 Å². The number of benzene rings is 1. The van der Waals surface area contributed by atoms with Gasteiger partial charge < -0.3 is 4.42 Å². The van der Waals surface area contributed by atoms with Gasteiger partial charge in [0, 0.05) is 6.54 Å². The first kappa shape index (κ1) is 11.6. The lowest BCUT2D eigenvalue weighted by Crippen LogP contribution is -2.18. The maximum absolute atomic E-state index is 11.9. The Bertz CT molecular complexity index is 755. The average Bonchev–Trinajstić information content (AvgIpc) is 2.97. The average molecular weight is 259 g/mol. The van der Waals surface area contributed by atoms with E-state index in [1.807, 2.05) is 25.1 Å². The van der Waals surface area contributed by atoms with E-state index in [9.17, 15) is 4.79 Å². The molecule has 0 radical (unpaired) electrons. The summed E-state index contributed by atoms with van der Waals surface area (Å²) >= 11 is 0. The lowest BCUT2D eigenvalue weighted by atomic mass is 10.3. The molecule has 3 aromatic rings. The highest BCUT2D eigenvalue weighted by atomic mass is 16.4. The van der Waals surface area contributed by atoms with E-state index in [0.717, 1.165) is 18.5 Å². The van der Waals surface area contributed by atoms with Crippen LogP contribution < -0.4 is 5.76 Å². The van der Waals surface area contributed by atoms with Gasteiger partial charge in [0.25, 0.3) is 0 Å². The first-order valence-electron chi connectivity index (χ1n) is 6.13. The first-order chi connectivity index (χ1) is 9.29. The Balaban J connectivity index is 2.03. The van der Waals surface area contributed by atoms with Crippen molar-refractivity contribution in [3.05, 3.63) is 40.6 Å². The van der Waals surface area contributed by atoms with Crippen LogP contribution in [0.1, 0.15) is 19.2 Å². The summed E-state index contributed by atoms with van der Waals surface area (Å²) in [4.78, 5) is 11.9. The number of rotatable bonds is 4. The van der Waals surface area contributed by atoms with Crippen LogP contribution in [0.3, 0.4) is 0 Å². The van der Waals surface area contributed by atoms with Gasteiger partial charge in [0.2, 0.25) is 0 Å². The Morgan fingerprint density at radius 1 is 1.32 bits per heavy atom. The van der Waals surface area contributed by atoms with E-state index in [-0.39, 0.29) is 0 Å². The summed E-state index contributed by atoms with van der Waals surface area (Å²) in [6, 6.07) is 7.30. The van der Waals surface area contributed by atoms with Crippen LogP contribution in [-0.4, -0.2) is 24.8 Å². The molecule has 0 bridgehead atoms. The van der Waals surface area contributed by atoms with Crippen molar-refractivity contribution in [2.75, 3.05) is 0 Å². The predicted molar refractivity (Wildman–Crippen MR) is 67.7 cm³/mol. The second-order valence-corrected chi connectivity index (χ2v) is 4.24. The zero-order chi connectivity index (χ0) is 13.2. The Hall–Kier alpha value is -2.44. The summed E-state index contributed by atoms with van der Waals surface area (Å²) in [5.41, 5.74) is 1.32. The Morgan fingerprint density at radius 2 is 2.16 bits per heavy atom. The molecule has 0 unspecified atom stereocenters. The standard InChI is InChI=1S/C12H13N5O2/c1-2-7-17-11(13-14-15-17)8-16-9-5-3-4-6-10(9)19-12(16)18/h3-6H,2,7-8H2,1H3. The number of para-hydroxylation sites is 2. The summed E-state index contributed by atoms with van der Waals surface area (Å²) in [7, 11) is 0. The minimum absolute atomic E-state index is 0.308. The van der Waals surface area contributed by atoms with Gasteiger partial charge in [0.1, 0.15) is 0 Å². The molecule has 0 amide bonds. The van der Waals surface area contributed by atoms with E-state index >= 15 is 0 Å². The van der Waals surface area contributed by atoms with E-state index in [1.54, 1.807) is 10.7 Å². The molecule has 2 aromatic heterocycles. The third-order valence-electron chi connectivity index (χ3n) is 2.91. The van der Waals surface area contributed by atoms with Gasteiger partial charge in [-0.05, 0) is 29.0 Å². The Labute approximate surface area is 108 Å². The monoisotopic (exact) mass is 259 g/mol. The summed E-state index contributed by atoms with van der Waals surface area (Å²) in [5.74, 6) is 0.253. The molecule has 0 saturated carbocycles. The topological polar surface area (TPSA) is 78.7 Å². The number of aryl methyl sites for hydroxylation is 1. The third-order valence-corrected chi connectivity index (χ3v) is 2.91. The molecule has 98 valence electrons. The van der Waals surface area contributed by atoms with Crippen molar-refractivity contribution in [3.8, 4) is 0 Å². The van der Waals surface area contributed by atoms with Crippen LogP contribution in [0.15, 0.2) is 33.5 Å². The molecule has 19 heavy (non-hydrogen) atoms. The van der Waals surface area contributed by atoms with Crippen molar-refractivity contribution in [3.63, 3.8) is 0 Å². The molecule has 2 heterocycles. The van der Waals surface area contributed by atoms with Crippen molar-refractivity contribution in [2.24, 2.45) is 0 Å². The van der Waals surface area contributed by atoms with E-state index < -0.39 is 5.76 Å². The summed E-state index contributed by atoms with van der Waals surface area (Å²) in [6.07, 6.45) is 0.930. The van der Waals surface area contributed by atoms with Gasteiger partial charge >= 0.3 is 5.76 Å². The minimum Gasteiger partial charge on any atom is -0.408 e. The maximum atomic E-state index is 11.9. The number of oxazole rings is 1. The summed E-state index contributed by atoms with van der Waals surface area (Å²) in [6.45, 7) is 3.08. The van der Waals surface area contributed by atoms with Gasteiger partial charge in [-0.25, -0.2) is 9.48 Å².